The summed E-state index contributed by atoms with van der Waals surface area (Å²) in [6, 6.07) is 12.8. The number of rotatable bonds is 6. The number of hydrogen-bond donors (Lipinski definition) is 2. The van der Waals surface area contributed by atoms with E-state index in [-0.39, 0.29) is 0 Å². The number of hydrogen-bond acceptors (Lipinski definition) is 5. The molecule has 1 aromatic heterocycles. The van der Waals surface area contributed by atoms with Gasteiger partial charge in [-0.25, -0.2) is 13.7 Å². The molecule has 0 spiro atoms. The van der Waals surface area contributed by atoms with E-state index in [1.807, 2.05) is 30.3 Å². The summed E-state index contributed by atoms with van der Waals surface area (Å²) < 4.78 is 22.2. The molecular formula is C22H22N4O2S. The summed E-state index contributed by atoms with van der Waals surface area (Å²) in [7, 11) is -1.25. The molecule has 0 radical (unpaired) electrons. The summed E-state index contributed by atoms with van der Waals surface area (Å²) in [6.07, 6.45) is 9.62. The molecule has 4 rings (SSSR count). The standard InChI is InChI=1S/C22H22N4O2S/c1-3-16-14-24-21-12-18(28-2)8-11-20(21)22(16)26-17-6-9-19(10-7-17)29(23,27)25-13-15-4-5-15/h1,6-12,14-15H,4-5,13H2,2H3,(H,24,26)(H2,23,25,27). The Labute approximate surface area is 170 Å². The van der Waals surface area contributed by atoms with Gasteiger partial charge in [0.05, 0.1) is 35.3 Å². The highest BCUT2D eigenvalue weighted by Gasteiger charge is 2.21. The number of benzene rings is 2. The minimum Gasteiger partial charge on any atom is -0.497 e. The van der Waals surface area contributed by atoms with Gasteiger partial charge in [0.15, 0.2) is 0 Å². The van der Waals surface area contributed by atoms with Crippen molar-refractivity contribution in [1.82, 2.24) is 4.98 Å². The van der Waals surface area contributed by atoms with Gasteiger partial charge in [-0.1, -0.05) is 5.92 Å². The van der Waals surface area contributed by atoms with Crippen LogP contribution in [0.1, 0.15) is 18.4 Å². The first-order chi connectivity index (χ1) is 14.0. The second kappa shape index (κ2) is 7.74. The van der Waals surface area contributed by atoms with E-state index in [1.54, 1.807) is 25.4 Å². The van der Waals surface area contributed by atoms with Gasteiger partial charge in [0, 0.05) is 23.3 Å². The van der Waals surface area contributed by atoms with Gasteiger partial charge >= 0.3 is 0 Å². The summed E-state index contributed by atoms with van der Waals surface area (Å²) in [4.78, 5) is 4.94. The Morgan fingerprint density at radius 1 is 1.31 bits per heavy atom. The largest absolute Gasteiger partial charge is 0.497 e. The second-order valence-electron chi connectivity index (χ2n) is 7.05. The molecule has 6 nitrogen and oxygen atoms in total. The van der Waals surface area contributed by atoms with Crippen molar-refractivity contribution in [1.29, 1.82) is 0 Å². The molecule has 7 heteroatoms. The molecule has 0 bridgehead atoms. The number of nitrogens with one attached hydrogen (secondary N) is 1. The SMILES string of the molecule is C#Cc1cnc2cc(OC)ccc2c1Nc1ccc(S(N)(=O)=NCC2CC2)cc1. The van der Waals surface area contributed by atoms with E-state index in [1.165, 1.54) is 0 Å². The third-order valence-corrected chi connectivity index (χ3v) is 6.39. The molecule has 0 saturated heterocycles. The average Bonchev–Trinajstić information content (AvgIpc) is 3.57. The molecule has 148 valence electrons. The minimum absolute atomic E-state index is 0.519. The van der Waals surface area contributed by atoms with Crippen molar-refractivity contribution in [2.45, 2.75) is 17.7 Å². The van der Waals surface area contributed by atoms with Crippen LogP contribution >= 0.6 is 0 Å². The number of pyridine rings is 1. The molecule has 3 N–H and O–H groups in total. The molecule has 1 atom stereocenters. The van der Waals surface area contributed by atoms with E-state index in [4.69, 9.17) is 16.3 Å². The van der Waals surface area contributed by atoms with Gasteiger partial charge in [0.25, 0.3) is 0 Å². The number of fused-ring (bicyclic) bond motifs is 1. The number of methoxy groups -OCH3 is 1. The Kier molecular flexibility index (Phi) is 5.14. The van der Waals surface area contributed by atoms with Crippen LogP contribution in [0.25, 0.3) is 10.9 Å². The molecule has 1 fully saturated rings. The van der Waals surface area contributed by atoms with Gasteiger partial charge in [0.1, 0.15) is 15.7 Å². The lowest BCUT2D eigenvalue weighted by atomic mass is 10.1. The van der Waals surface area contributed by atoms with Crippen LogP contribution in [-0.4, -0.2) is 22.8 Å². The quantitative estimate of drug-likeness (QED) is 0.604. The monoisotopic (exact) mass is 406 g/mol. The second-order valence-corrected chi connectivity index (χ2v) is 8.91. The van der Waals surface area contributed by atoms with Crippen LogP contribution in [0.15, 0.2) is 57.9 Å². The summed E-state index contributed by atoms with van der Waals surface area (Å²) in [6.45, 7) is 0.563. The number of nitrogens with two attached hydrogens (primary N) is 1. The lowest BCUT2D eigenvalue weighted by Crippen LogP contribution is -2.13. The van der Waals surface area contributed by atoms with E-state index in [0.717, 1.165) is 40.9 Å². The first-order valence-electron chi connectivity index (χ1n) is 9.31. The fourth-order valence-electron chi connectivity index (χ4n) is 3.01. The highest BCUT2D eigenvalue weighted by Crippen LogP contribution is 2.32. The highest BCUT2D eigenvalue weighted by molar-refractivity contribution is 7.91. The zero-order valence-electron chi connectivity index (χ0n) is 16.1. The summed E-state index contributed by atoms with van der Waals surface area (Å²) in [5, 5.41) is 10.2. The highest BCUT2D eigenvalue weighted by atomic mass is 32.2. The minimum atomic E-state index is -2.87. The van der Waals surface area contributed by atoms with Crippen molar-refractivity contribution in [3.8, 4) is 18.1 Å². The van der Waals surface area contributed by atoms with Crippen molar-refractivity contribution >= 4 is 32.2 Å². The predicted molar refractivity (Wildman–Crippen MR) is 117 cm³/mol. The first kappa shape index (κ1) is 19.2. The molecule has 1 aliphatic carbocycles. The third-order valence-electron chi connectivity index (χ3n) is 4.91. The molecule has 3 aromatic rings. The van der Waals surface area contributed by atoms with Crippen LogP contribution in [-0.2, 0) is 9.92 Å². The van der Waals surface area contributed by atoms with Gasteiger partial charge in [-0.2, -0.15) is 0 Å². The Hall–Kier alpha value is -3.08. The van der Waals surface area contributed by atoms with Crippen molar-refractivity contribution < 1.29 is 8.95 Å². The maximum Gasteiger partial charge on any atom is 0.134 e. The van der Waals surface area contributed by atoms with Crippen molar-refractivity contribution in [3.63, 3.8) is 0 Å². The van der Waals surface area contributed by atoms with E-state index in [2.05, 4.69) is 20.6 Å². The van der Waals surface area contributed by atoms with Crippen LogP contribution in [0.3, 0.4) is 0 Å². The molecule has 1 unspecified atom stereocenters. The predicted octanol–water partition coefficient (Wildman–Crippen LogP) is 4.08. The van der Waals surface area contributed by atoms with Gasteiger partial charge in [0.2, 0.25) is 0 Å². The van der Waals surface area contributed by atoms with Gasteiger partial charge in [-0.05, 0) is 55.2 Å². The summed E-state index contributed by atoms with van der Waals surface area (Å²) >= 11 is 0. The summed E-state index contributed by atoms with van der Waals surface area (Å²) in [5.41, 5.74) is 2.99. The normalized spacial score (nSPS) is 15.3. The molecule has 0 aliphatic heterocycles. The van der Waals surface area contributed by atoms with Crippen LogP contribution in [0.2, 0.25) is 0 Å². The van der Waals surface area contributed by atoms with Gasteiger partial charge < -0.3 is 10.1 Å². The van der Waals surface area contributed by atoms with E-state index < -0.39 is 9.92 Å². The number of nitrogens with zero attached hydrogens (tertiary/aromatic N) is 2. The third kappa shape index (κ3) is 4.19. The average molecular weight is 407 g/mol. The topological polar surface area (TPSA) is 89.6 Å². The number of aromatic nitrogens is 1. The Balaban J connectivity index is 1.65. The van der Waals surface area contributed by atoms with Gasteiger partial charge in [-0.15, -0.1) is 6.42 Å². The number of terminal acetylenes is 1. The molecular weight excluding hydrogens is 384 g/mol. The zero-order valence-corrected chi connectivity index (χ0v) is 16.9. The van der Waals surface area contributed by atoms with Crippen molar-refractivity contribution in [2.75, 3.05) is 19.0 Å². The van der Waals surface area contributed by atoms with Crippen LogP contribution in [0, 0.1) is 18.3 Å². The number of anilines is 2. The first-order valence-corrected chi connectivity index (χ1v) is 10.9. The molecule has 1 aliphatic rings. The lowest BCUT2D eigenvalue weighted by Gasteiger charge is -2.13. The van der Waals surface area contributed by atoms with E-state index in [0.29, 0.717) is 22.9 Å². The molecule has 2 aromatic carbocycles. The van der Waals surface area contributed by atoms with Crippen molar-refractivity contribution in [3.05, 3.63) is 54.2 Å². The van der Waals surface area contributed by atoms with Crippen LogP contribution < -0.4 is 15.2 Å². The molecule has 29 heavy (non-hydrogen) atoms. The molecule has 1 saturated carbocycles. The Bertz CT molecular complexity index is 1220. The fraction of sp³-hybridized carbons (Fsp3) is 0.227. The Morgan fingerprint density at radius 3 is 2.72 bits per heavy atom. The van der Waals surface area contributed by atoms with Gasteiger partial charge in [-0.3, -0.25) is 4.98 Å². The van der Waals surface area contributed by atoms with E-state index >= 15 is 0 Å². The maximum atomic E-state index is 12.7. The van der Waals surface area contributed by atoms with Crippen molar-refractivity contribution in [2.24, 2.45) is 15.4 Å². The maximum absolute atomic E-state index is 12.7. The van der Waals surface area contributed by atoms with E-state index in [9.17, 15) is 4.21 Å². The Morgan fingerprint density at radius 2 is 2.07 bits per heavy atom. The molecule has 0 amide bonds. The fourth-order valence-corrected chi connectivity index (χ4v) is 4.12. The zero-order chi connectivity index (χ0) is 20.4. The number of ether oxygens (including phenoxy) is 1. The smallest absolute Gasteiger partial charge is 0.134 e. The molecule has 1 heterocycles. The van der Waals surface area contributed by atoms with Crippen LogP contribution in [0.5, 0.6) is 5.75 Å². The lowest BCUT2D eigenvalue weighted by molar-refractivity contribution is 0.415. The van der Waals surface area contributed by atoms with Crippen LogP contribution in [0.4, 0.5) is 11.4 Å². The summed E-state index contributed by atoms with van der Waals surface area (Å²) in [5.74, 6) is 3.93.